The van der Waals surface area contributed by atoms with Gasteiger partial charge in [-0.15, -0.1) is 0 Å². The fraction of sp³-hybridized carbons (Fsp3) is 0.227. The molecule has 0 spiro atoms. The first kappa shape index (κ1) is 23.7. The second kappa shape index (κ2) is 10.6. The summed E-state index contributed by atoms with van der Waals surface area (Å²) in [5.74, 6) is -0.266. The van der Waals surface area contributed by atoms with E-state index in [1.807, 2.05) is 0 Å². The number of fused-ring (bicyclic) bond motifs is 1. The smallest absolute Gasteiger partial charge is 0.248 e. The summed E-state index contributed by atoms with van der Waals surface area (Å²) in [5, 5.41) is 6.74. The van der Waals surface area contributed by atoms with Gasteiger partial charge in [-0.05, 0) is 18.2 Å². The highest BCUT2D eigenvalue weighted by Gasteiger charge is 2.21. The normalized spacial score (nSPS) is 15.8. The Kier molecular flexibility index (Phi) is 7.64. The number of benzene rings is 2. The fourth-order valence-corrected chi connectivity index (χ4v) is 3.74. The van der Waals surface area contributed by atoms with Crippen LogP contribution in [0, 0.1) is 5.82 Å². The lowest BCUT2D eigenvalue weighted by Gasteiger charge is -2.18. The summed E-state index contributed by atoms with van der Waals surface area (Å²) < 4.78 is 26.1. The molecule has 2 N–H and O–H groups in total. The summed E-state index contributed by atoms with van der Waals surface area (Å²) in [4.78, 5) is 20.9. The maximum absolute atomic E-state index is 14.6. The third-order valence-corrected chi connectivity index (χ3v) is 5.98. The van der Waals surface area contributed by atoms with E-state index in [1.54, 1.807) is 18.2 Å². The second-order valence-electron chi connectivity index (χ2n) is 7.09. The number of hydrogen-bond acceptors (Lipinski definition) is 6. The van der Waals surface area contributed by atoms with Gasteiger partial charge in [0.2, 0.25) is 5.91 Å². The van der Waals surface area contributed by atoms with E-state index in [0.717, 1.165) is 6.42 Å². The van der Waals surface area contributed by atoms with E-state index in [1.165, 1.54) is 24.5 Å². The van der Waals surface area contributed by atoms with Gasteiger partial charge < -0.3 is 20.1 Å². The molecule has 33 heavy (non-hydrogen) atoms. The molecular weight excluding hydrogens is 538 g/mol. The van der Waals surface area contributed by atoms with Crippen LogP contribution in [0.3, 0.4) is 0 Å². The number of nitrogens with one attached hydrogen (secondary N) is 2. The highest BCUT2D eigenvalue weighted by molar-refractivity contribution is 9.09. The molecule has 3 aromatic rings. The number of amides is 1. The second-order valence-corrected chi connectivity index (χ2v) is 8.52. The number of carbonyl (C=O) groups is 1. The maximum Gasteiger partial charge on any atom is 0.248 e. The molecule has 2 heterocycles. The lowest BCUT2D eigenvalue weighted by atomic mass is 10.1. The van der Waals surface area contributed by atoms with E-state index in [9.17, 15) is 9.18 Å². The first-order valence-corrected chi connectivity index (χ1v) is 11.8. The monoisotopic (exact) mass is 554 g/mol. The topological polar surface area (TPSA) is 85.4 Å². The lowest BCUT2D eigenvalue weighted by Crippen LogP contribution is -2.18. The third kappa shape index (κ3) is 5.55. The molecule has 1 amide bonds. The first-order valence-electron chi connectivity index (χ1n) is 9.93. The lowest BCUT2D eigenvalue weighted by molar-refractivity contribution is -0.111. The van der Waals surface area contributed by atoms with Crippen molar-refractivity contribution in [3.63, 3.8) is 0 Å². The van der Waals surface area contributed by atoms with E-state index in [0.29, 0.717) is 46.7 Å². The summed E-state index contributed by atoms with van der Waals surface area (Å²) in [7, 11) is 0. The van der Waals surface area contributed by atoms with Crippen LogP contribution in [0.25, 0.3) is 10.9 Å². The van der Waals surface area contributed by atoms with Crippen LogP contribution >= 0.6 is 39.1 Å². The zero-order valence-corrected chi connectivity index (χ0v) is 20.2. The molecule has 1 atom stereocenters. The highest BCUT2D eigenvalue weighted by Crippen LogP contribution is 2.36. The Morgan fingerprint density at radius 1 is 1.30 bits per heavy atom. The van der Waals surface area contributed by atoms with Crippen molar-refractivity contribution in [2.75, 3.05) is 29.2 Å². The number of ether oxygens (including phenoxy) is 2. The van der Waals surface area contributed by atoms with Crippen LogP contribution < -0.4 is 15.4 Å². The summed E-state index contributed by atoms with van der Waals surface area (Å²) in [6.45, 7) is 1.07. The van der Waals surface area contributed by atoms with Crippen molar-refractivity contribution in [3.8, 4) is 5.75 Å². The summed E-state index contributed by atoms with van der Waals surface area (Å²) >= 11 is 15.1. The van der Waals surface area contributed by atoms with Crippen molar-refractivity contribution < 1.29 is 18.7 Å². The Morgan fingerprint density at radius 3 is 2.91 bits per heavy atom. The van der Waals surface area contributed by atoms with Crippen molar-refractivity contribution in [1.29, 1.82) is 0 Å². The quantitative estimate of drug-likeness (QED) is 0.215. The predicted octanol–water partition coefficient (Wildman–Crippen LogP) is 5.88. The molecule has 1 aliphatic rings. The zero-order valence-electron chi connectivity index (χ0n) is 17.1. The number of alkyl halides is 1. The number of nitrogens with zero attached hydrogens (tertiary/aromatic N) is 2. The molecule has 7 nitrogen and oxygen atoms in total. The van der Waals surface area contributed by atoms with Gasteiger partial charge in [0.05, 0.1) is 40.2 Å². The number of allylic oxidation sites excluding steroid dienone is 1. The summed E-state index contributed by atoms with van der Waals surface area (Å²) in [6, 6.07) is 6.33. The van der Waals surface area contributed by atoms with E-state index in [-0.39, 0.29) is 27.7 Å². The SMILES string of the molecule is O=C(C=CCBr)Nc1cc2c(Nc3ccc(Cl)c(Cl)c3F)ncnc2cc1O[C@H]1CCOC1. The van der Waals surface area contributed by atoms with Crippen LogP contribution in [0.5, 0.6) is 5.75 Å². The van der Waals surface area contributed by atoms with Gasteiger partial charge in [0.1, 0.15) is 24.0 Å². The fourth-order valence-electron chi connectivity index (χ4n) is 3.24. The Morgan fingerprint density at radius 2 is 2.15 bits per heavy atom. The zero-order chi connectivity index (χ0) is 23.4. The molecule has 172 valence electrons. The van der Waals surface area contributed by atoms with E-state index in [2.05, 4.69) is 36.5 Å². The summed E-state index contributed by atoms with van der Waals surface area (Å²) in [5.41, 5.74) is 1.06. The van der Waals surface area contributed by atoms with Crippen LogP contribution in [0.15, 0.2) is 42.7 Å². The van der Waals surface area contributed by atoms with Gasteiger partial charge in [-0.25, -0.2) is 14.4 Å². The Bertz CT molecular complexity index is 1220. The van der Waals surface area contributed by atoms with E-state index in [4.69, 9.17) is 32.7 Å². The molecular formula is C22H18BrCl2FN4O3. The third-order valence-electron chi connectivity index (χ3n) is 4.82. The van der Waals surface area contributed by atoms with Crippen LogP contribution in [-0.4, -0.2) is 40.5 Å². The van der Waals surface area contributed by atoms with Gasteiger partial charge in [0.25, 0.3) is 0 Å². The number of aromatic nitrogens is 2. The van der Waals surface area contributed by atoms with E-state index < -0.39 is 5.82 Å². The maximum atomic E-state index is 14.6. The molecule has 2 aromatic carbocycles. The molecule has 0 saturated carbocycles. The average Bonchev–Trinajstić information content (AvgIpc) is 3.32. The minimum absolute atomic E-state index is 0.0960. The Labute approximate surface area is 207 Å². The van der Waals surface area contributed by atoms with Gasteiger partial charge in [-0.1, -0.05) is 45.2 Å². The van der Waals surface area contributed by atoms with Gasteiger partial charge >= 0.3 is 0 Å². The molecule has 1 aliphatic heterocycles. The van der Waals surface area contributed by atoms with Crippen LogP contribution in [0.2, 0.25) is 10.0 Å². The average molecular weight is 556 g/mol. The number of hydrogen-bond donors (Lipinski definition) is 2. The molecule has 0 bridgehead atoms. The van der Waals surface area contributed by atoms with Crippen molar-refractivity contribution in [2.45, 2.75) is 12.5 Å². The van der Waals surface area contributed by atoms with Gasteiger partial charge in [0.15, 0.2) is 5.82 Å². The number of carbonyl (C=O) groups excluding carboxylic acids is 1. The van der Waals surface area contributed by atoms with Crippen molar-refractivity contribution in [1.82, 2.24) is 9.97 Å². The molecule has 1 aromatic heterocycles. The molecule has 0 radical (unpaired) electrons. The summed E-state index contributed by atoms with van der Waals surface area (Å²) in [6.07, 6.45) is 5.03. The van der Waals surface area contributed by atoms with Crippen molar-refractivity contribution >= 4 is 73.1 Å². The molecule has 1 fully saturated rings. The number of anilines is 3. The first-order chi connectivity index (χ1) is 16.0. The molecule has 1 saturated heterocycles. The molecule has 11 heteroatoms. The van der Waals surface area contributed by atoms with E-state index >= 15 is 0 Å². The van der Waals surface area contributed by atoms with Crippen LogP contribution in [0.1, 0.15) is 6.42 Å². The molecule has 4 rings (SSSR count). The van der Waals surface area contributed by atoms with Gasteiger partial charge in [0, 0.05) is 29.3 Å². The molecule has 0 aliphatic carbocycles. The minimum Gasteiger partial charge on any atom is -0.486 e. The number of rotatable bonds is 7. The van der Waals surface area contributed by atoms with Gasteiger partial charge in [-0.2, -0.15) is 0 Å². The predicted molar refractivity (Wildman–Crippen MR) is 131 cm³/mol. The van der Waals surface area contributed by atoms with Gasteiger partial charge in [-0.3, -0.25) is 4.79 Å². The molecule has 0 unspecified atom stereocenters. The van der Waals surface area contributed by atoms with Crippen molar-refractivity contribution in [3.05, 3.63) is 58.6 Å². The Hall–Kier alpha value is -2.46. The Balaban J connectivity index is 1.74. The van der Waals surface area contributed by atoms with Crippen molar-refractivity contribution in [2.24, 2.45) is 0 Å². The standard InChI is InChI=1S/C22H18BrCl2FN4O3/c23-6-1-2-19(31)29-17-8-13-16(9-18(17)33-12-5-7-32-10-12)27-11-28-22(13)30-15-4-3-14(24)20(25)21(15)26/h1-4,8-9,11-12H,5-7,10H2,(H,29,31)(H,27,28,30)/t12-/m0/s1. The largest absolute Gasteiger partial charge is 0.486 e. The minimum atomic E-state index is -0.703. The number of halogens is 4. The highest BCUT2D eigenvalue weighted by atomic mass is 79.9. The van der Waals surface area contributed by atoms with Crippen LogP contribution in [-0.2, 0) is 9.53 Å². The van der Waals surface area contributed by atoms with Crippen LogP contribution in [0.4, 0.5) is 21.6 Å².